The molecule has 0 fully saturated rings. The van der Waals surface area contributed by atoms with Gasteiger partial charge in [0.05, 0.1) is 6.61 Å². The van der Waals surface area contributed by atoms with Crippen molar-refractivity contribution in [2.75, 3.05) is 6.61 Å². The number of aryl methyl sites for hydroxylation is 2. The van der Waals surface area contributed by atoms with Crippen LogP contribution in [0.25, 0.3) is 0 Å². The zero-order valence-corrected chi connectivity index (χ0v) is 25.7. The molecule has 0 aromatic heterocycles. The zero-order chi connectivity index (χ0) is 26.9. The highest BCUT2D eigenvalue weighted by molar-refractivity contribution is 7.42. The fourth-order valence-electron chi connectivity index (χ4n) is 4.00. The summed E-state index contributed by atoms with van der Waals surface area (Å²) >= 11 is 0. The average molecular weight is 501 g/mol. The topological polar surface area (TPSA) is 27.7 Å². The van der Waals surface area contributed by atoms with Crippen LogP contribution in [0.2, 0.25) is 0 Å². The van der Waals surface area contributed by atoms with E-state index in [0.29, 0.717) is 12.5 Å². The molecule has 0 heterocycles. The minimum atomic E-state index is -1.63. The van der Waals surface area contributed by atoms with Gasteiger partial charge in [-0.3, -0.25) is 4.52 Å². The van der Waals surface area contributed by atoms with Gasteiger partial charge in [-0.2, -0.15) is 0 Å². The molecule has 2 aromatic rings. The Labute approximate surface area is 217 Å². The summed E-state index contributed by atoms with van der Waals surface area (Å²) in [6, 6.07) is 9.07. The van der Waals surface area contributed by atoms with Gasteiger partial charge in [0.1, 0.15) is 11.5 Å². The predicted molar refractivity (Wildman–Crippen MR) is 152 cm³/mol. The molecule has 0 aliphatic heterocycles. The van der Waals surface area contributed by atoms with Crippen molar-refractivity contribution in [2.24, 2.45) is 0 Å². The molecule has 0 radical (unpaired) electrons. The second-order valence-electron chi connectivity index (χ2n) is 13.1. The van der Waals surface area contributed by atoms with E-state index in [-0.39, 0.29) is 16.2 Å². The Bertz CT molecular complexity index is 1020. The third-order valence-electron chi connectivity index (χ3n) is 6.31. The van der Waals surface area contributed by atoms with Gasteiger partial charge in [0.15, 0.2) is 0 Å². The summed E-state index contributed by atoms with van der Waals surface area (Å²) in [5.41, 5.74) is 7.28. The van der Waals surface area contributed by atoms with Crippen molar-refractivity contribution in [3.63, 3.8) is 0 Å². The number of rotatable bonds is 7. The van der Waals surface area contributed by atoms with E-state index < -0.39 is 8.60 Å². The predicted octanol–water partition coefficient (Wildman–Crippen LogP) is 10.0. The van der Waals surface area contributed by atoms with Crippen molar-refractivity contribution in [2.45, 2.75) is 119 Å². The maximum Gasteiger partial charge on any atom is 0.463 e. The van der Waals surface area contributed by atoms with Crippen molar-refractivity contribution in [1.29, 1.82) is 0 Å². The molecular weight excluding hydrogens is 451 g/mol. The van der Waals surface area contributed by atoms with Crippen LogP contribution in [-0.4, -0.2) is 6.61 Å². The molecule has 2 aromatic carbocycles. The summed E-state index contributed by atoms with van der Waals surface area (Å²) in [5, 5.41) is 0. The van der Waals surface area contributed by atoms with Crippen LogP contribution in [-0.2, 0) is 20.8 Å². The molecule has 0 spiro atoms. The van der Waals surface area contributed by atoms with Gasteiger partial charge in [-0.15, -0.1) is 0 Å². The smallest absolute Gasteiger partial charge is 0.417 e. The minimum Gasteiger partial charge on any atom is -0.417 e. The monoisotopic (exact) mass is 500 g/mol. The highest BCUT2D eigenvalue weighted by atomic mass is 31.2. The Balaban J connectivity index is 2.57. The summed E-state index contributed by atoms with van der Waals surface area (Å²) < 4.78 is 19.3. The molecule has 4 heteroatoms. The maximum atomic E-state index is 6.62. The van der Waals surface area contributed by atoms with Gasteiger partial charge < -0.3 is 9.05 Å². The average Bonchev–Trinajstić information content (AvgIpc) is 2.67. The summed E-state index contributed by atoms with van der Waals surface area (Å²) in [6.45, 7) is 31.4. The van der Waals surface area contributed by atoms with Crippen molar-refractivity contribution in [3.05, 3.63) is 57.6 Å². The molecule has 35 heavy (non-hydrogen) atoms. The van der Waals surface area contributed by atoms with E-state index in [1.807, 2.05) is 6.92 Å². The van der Waals surface area contributed by atoms with Crippen molar-refractivity contribution >= 4 is 8.60 Å². The quantitative estimate of drug-likeness (QED) is 0.354. The first-order chi connectivity index (χ1) is 15.9. The molecule has 3 nitrogen and oxygen atoms in total. The molecular formula is C31H49O3P. The Morgan fingerprint density at radius 1 is 0.686 bits per heavy atom. The van der Waals surface area contributed by atoms with E-state index in [1.54, 1.807) is 0 Å². The molecule has 0 saturated heterocycles. The molecule has 1 atom stereocenters. The molecule has 196 valence electrons. The first-order valence-electron chi connectivity index (χ1n) is 13.0. The van der Waals surface area contributed by atoms with Crippen LogP contribution >= 0.6 is 8.60 Å². The van der Waals surface area contributed by atoms with E-state index in [9.17, 15) is 0 Å². The lowest BCUT2D eigenvalue weighted by Gasteiger charge is -2.30. The molecule has 0 amide bonds. The molecule has 0 saturated carbocycles. The SMILES string of the molecule is CCOP(Oc1c(C)cc(C(C)(C)C)cc1C(C)C)Oc1c(C)cc(C(C)(C)C)cc1C(C)(C)C. The molecule has 0 bridgehead atoms. The van der Waals surface area contributed by atoms with Crippen LogP contribution in [0.1, 0.15) is 122 Å². The van der Waals surface area contributed by atoms with Crippen LogP contribution in [0.15, 0.2) is 24.3 Å². The first-order valence-corrected chi connectivity index (χ1v) is 14.0. The van der Waals surface area contributed by atoms with E-state index in [2.05, 4.69) is 114 Å². The van der Waals surface area contributed by atoms with Crippen LogP contribution in [0, 0.1) is 13.8 Å². The summed E-state index contributed by atoms with van der Waals surface area (Å²) in [6.07, 6.45) is 0. The number of benzene rings is 2. The van der Waals surface area contributed by atoms with Gasteiger partial charge in [-0.1, -0.05) is 100 Å². The summed E-state index contributed by atoms with van der Waals surface area (Å²) in [4.78, 5) is 0. The third-order valence-corrected chi connectivity index (χ3v) is 7.44. The summed E-state index contributed by atoms with van der Waals surface area (Å²) in [7, 11) is -1.63. The lowest BCUT2D eigenvalue weighted by Crippen LogP contribution is -2.18. The normalized spacial score (nSPS) is 13.8. The second-order valence-corrected chi connectivity index (χ2v) is 14.2. The highest BCUT2D eigenvalue weighted by Gasteiger charge is 2.29. The van der Waals surface area contributed by atoms with Gasteiger partial charge in [0.2, 0.25) is 0 Å². The van der Waals surface area contributed by atoms with Crippen LogP contribution in [0.5, 0.6) is 11.5 Å². The standard InChI is InChI=1S/C31H49O3P/c1-15-32-35(33-27-21(4)16-23(29(6,7)8)18-25(27)20(2)3)34-28-22(5)17-24(30(9,10)11)19-26(28)31(12,13)14/h16-20H,15H2,1-14H3. The van der Waals surface area contributed by atoms with Gasteiger partial charge in [0.25, 0.3) is 0 Å². The highest BCUT2D eigenvalue weighted by Crippen LogP contribution is 2.49. The molecule has 2 rings (SSSR count). The molecule has 0 aliphatic carbocycles. The Kier molecular flexibility index (Phi) is 9.16. The van der Waals surface area contributed by atoms with E-state index in [4.69, 9.17) is 13.6 Å². The van der Waals surface area contributed by atoms with Crippen molar-refractivity contribution < 1.29 is 13.6 Å². The third kappa shape index (κ3) is 7.46. The molecule has 0 aliphatic rings. The largest absolute Gasteiger partial charge is 0.463 e. The second kappa shape index (κ2) is 10.8. The summed E-state index contributed by atoms with van der Waals surface area (Å²) in [5.74, 6) is 2.08. The van der Waals surface area contributed by atoms with Crippen LogP contribution in [0.4, 0.5) is 0 Å². The van der Waals surface area contributed by atoms with Gasteiger partial charge in [-0.05, 0) is 70.8 Å². The van der Waals surface area contributed by atoms with E-state index >= 15 is 0 Å². The minimum absolute atomic E-state index is 0.0581. The van der Waals surface area contributed by atoms with Crippen LogP contribution in [0.3, 0.4) is 0 Å². The molecule has 1 unspecified atom stereocenters. The lowest BCUT2D eigenvalue weighted by atomic mass is 9.79. The lowest BCUT2D eigenvalue weighted by molar-refractivity contribution is 0.276. The van der Waals surface area contributed by atoms with Gasteiger partial charge >= 0.3 is 8.60 Å². The Hall–Kier alpha value is -1.57. The fraction of sp³-hybridized carbons (Fsp3) is 0.613. The number of hydrogen-bond donors (Lipinski definition) is 0. The van der Waals surface area contributed by atoms with Crippen molar-refractivity contribution in [3.8, 4) is 11.5 Å². The Morgan fingerprint density at radius 2 is 1.14 bits per heavy atom. The maximum absolute atomic E-state index is 6.62. The van der Waals surface area contributed by atoms with E-state index in [1.165, 1.54) is 22.3 Å². The number of hydrogen-bond acceptors (Lipinski definition) is 3. The zero-order valence-electron chi connectivity index (χ0n) is 24.8. The molecule has 0 N–H and O–H groups in total. The van der Waals surface area contributed by atoms with Gasteiger partial charge in [-0.25, -0.2) is 0 Å². The fourth-order valence-corrected chi connectivity index (χ4v) is 5.14. The Morgan fingerprint density at radius 3 is 1.57 bits per heavy atom. The van der Waals surface area contributed by atoms with Gasteiger partial charge in [0, 0.05) is 5.56 Å². The van der Waals surface area contributed by atoms with Crippen LogP contribution < -0.4 is 9.05 Å². The first kappa shape index (κ1) is 29.7. The van der Waals surface area contributed by atoms with E-state index in [0.717, 1.165) is 22.6 Å². The van der Waals surface area contributed by atoms with Crippen molar-refractivity contribution in [1.82, 2.24) is 0 Å².